The number of anilines is 3. The van der Waals surface area contributed by atoms with Crippen molar-refractivity contribution in [1.82, 2.24) is 4.98 Å². The van der Waals surface area contributed by atoms with Crippen LogP contribution in [0.25, 0.3) is 0 Å². The SMILES string of the molecule is CN(C)c1nc(N)c(C(=O)Nc2ccc(Br)cc2Br)s1. The largest absolute Gasteiger partial charge is 0.382 e. The molecule has 20 heavy (non-hydrogen) atoms. The summed E-state index contributed by atoms with van der Waals surface area (Å²) in [6, 6.07) is 5.51. The molecule has 106 valence electrons. The van der Waals surface area contributed by atoms with E-state index in [-0.39, 0.29) is 11.7 Å². The van der Waals surface area contributed by atoms with Crippen LogP contribution in [-0.4, -0.2) is 25.0 Å². The Morgan fingerprint density at radius 2 is 2.10 bits per heavy atom. The minimum absolute atomic E-state index is 0.240. The molecule has 0 aliphatic carbocycles. The van der Waals surface area contributed by atoms with Crippen LogP contribution >= 0.6 is 43.2 Å². The van der Waals surface area contributed by atoms with Crippen molar-refractivity contribution in [1.29, 1.82) is 0 Å². The predicted octanol–water partition coefficient (Wildman–Crippen LogP) is 3.57. The van der Waals surface area contributed by atoms with Crippen LogP contribution in [0.15, 0.2) is 27.1 Å². The third kappa shape index (κ3) is 3.31. The molecule has 2 rings (SSSR count). The minimum Gasteiger partial charge on any atom is -0.382 e. The summed E-state index contributed by atoms with van der Waals surface area (Å²) in [5.41, 5.74) is 6.47. The molecule has 2 aromatic rings. The molecule has 0 unspecified atom stereocenters. The maximum Gasteiger partial charge on any atom is 0.269 e. The van der Waals surface area contributed by atoms with Crippen molar-refractivity contribution in [3.05, 3.63) is 32.0 Å². The molecule has 0 atom stereocenters. The van der Waals surface area contributed by atoms with Crippen LogP contribution in [0.3, 0.4) is 0 Å². The van der Waals surface area contributed by atoms with Crippen LogP contribution in [0.5, 0.6) is 0 Å². The van der Waals surface area contributed by atoms with Gasteiger partial charge in [0.1, 0.15) is 10.7 Å². The summed E-state index contributed by atoms with van der Waals surface area (Å²) in [7, 11) is 3.70. The molecule has 0 bridgehead atoms. The van der Waals surface area contributed by atoms with Crippen LogP contribution in [0.4, 0.5) is 16.6 Å². The molecular weight excluding hydrogens is 408 g/mol. The van der Waals surface area contributed by atoms with Crippen LogP contribution < -0.4 is 16.0 Å². The Bertz CT molecular complexity index is 657. The summed E-state index contributed by atoms with van der Waals surface area (Å²) < 4.78 is 1.71. The van der Waals surface area contributed by atoms with E-state index in [0.29, 0.717) is 15.7 Å². The molecule has 0 saturated heterocycles. The lowest BCUT2D eigenvalue weighted by atomic mass is 10.3. The van der Waals surface area contributed by atoms with Crippen LogP contribution in [0.2, 0.25) is 0 Å². The van der Waals surface area contributed by atoms with Gasteiger partial charge in [-0.2, -0.15) is 0 Å². The molecule has 0 spiro atoms. The summed E-state index contributed by atoms with van der Waals surface area (Å²) >= 11 is 8.02. The second kappa shape index (κ2) is 6.11. The maximum absolute atomic E-state index is 12.2. The maximum atomic E-state index is 12.2. The van der Waals surface area contributed by atoms with Crippen LogP contribution in [0, 0.1) is 0 Å². The number of rotatable bonds is 3. The standard InChI is InChI=1S/C12H12Br2N4OS/c1-18(2)12-17-10(15)9(20-12)11(19)16-8-4-3-6(13)5-7(8)14/h3-5H,15H2,1-2H3,(H,16,19). The van der Waals surface area contributed by atoms with E-state index in [1.807, 2.05) is 31.1 Å². The quantitative estimate of drug-likeness (QED) is 0.797. The molecule has 1 heterocycles. The fourth-order valence-corrected chi connectivity index (χ4v) is 3.39. The topological polar surface area (TPSA) is 71.2 Å². The first kappa shape index (κ1) is 15.3. The number of hydrogen-bond donors (Lipinski definition) is 2. The van der Waals surface area contributed by atoms with Gasteiger partial charge in [0.05, 0.1) is 5.69 Å². The smallest absolute Gasteiger partial charge is 0.269 e. The predicted molar refractivity (Wildman–Crippen MR) is 90.6 cm³/mol. The van der Waals surface area contributed by atoms with Crippen molar-refractivity contribution in [2.45, 2.75) is 0 Å². The number of benzene rings is 1. The number of carbonyl (C=O) groups excluding carboxylic acids is 1. The normalized spacial score (nSPS) is 10.4. The lowest BCUT2D eigenvalue weighted by Gasteiger charge is -2.07. The van der Waals surface area contributed by atoms with Gasteiger partial charge in [0.2, 0.25) is 0 Å². The van der Waals surface area contributed by atoms with Crippen molar-refractivity contribution in [2.24, 2.45) is 0 Å². The van der Waals surface area contributed by atoms with E-state index < -0.39 is 0 Å². The molecule has 1 aromatic carbocycles. The van der Waals surface area contributed by atoms with Gasteiger partial charge in [-0.1, -0.05) is 27.3 Å². The number of nitrogen functional groups attached to an aromatic ring is 1. The average molecular weight is 420 g/mol. The van der Waals surface area contributed by atoms with Crippen molar-refractivity contribution in [2.75, 3.05) is 30.0 Å². The van der Waals surface area contributed by atoms with E-state index in [1.165, 1.54) is 11.3 Å². The molecule has 3 N–H and O–H groups in total. The summed E-state index contributed by atoms with van der Waals surface area (Å²) in [6.07, 6.45) is 0. The first-order valence-corrected chi connectivity index (χ1v) is 7.98. The van der Waals surface area contributed by atoms with Crippen molar-refractivity contribution in [3.8, 4) is 0 Å². The molecule has 1 amide bonds. The number of nitrogens with two attached hydrogens (primary N) is 1. The van der Waals surface area contributed by atoms with Gasteiger partial charge in [-0.3, -0.25) is 4.79 Å². The Labute approximate surface area is 137 Å². The third-order valence-electron chi connectivity index (χ3n) is 2.41. The first-order valence-electron chi connectivity index (χ1n) is 5.58. The third-order valence-corrected chi connectivity index (χ3v) is 4.80. The van der Waals surface area contributed by atoms with E-state index >= 15 is 0 Å². The van der Waals surface area contributed by atoms with Gasteiger partial charge in [0, 0.05) is 23.0 Å². The van der Waals surface area contributed by atoms with Crippen molar-refractivity contribution in [3.63, 3.8) is 0 Å². The van der Waals surface area contributed by atoms with Crippen LogP contribution in [-0.2, 0) is 0 Å². The summed E-state index contributed by atoms with van der Waals surface area (Å²) in [4.78, 5) is 18.6. The van der Waals surface area contributed by atoms with Crippen molar-refractivity contribution >= 4 is 65.7 Å². The molecule has 0 aliphatic heterocycles. The van der Waals surface area contributed by atoms with Crippen molar-refractivity contribution < 1.29 is 4.79 Å². The number of amides is 1. The highest BCUT2D eigenvalue weighted by atomic mass is 79.9. The van der Waals surface area contributed by atoms with Crippen LogP contribution in [0.1, 0.15) is 9.67 Å². The Balaban J connectivity index is 2.24. The van der Waals surface area contributed by atoms with Gasteiger partial charge in [0.15, 0.2) is 5.13 Å². The van der Waals surface area contributed by atoms with Gasteiger partial charge in [-0.25, -0.2) is 4.98 Å². The fourth-order valence-electron chi connectivity index (χ4n) is 1.44. The zero-order valence-corrected chi connectivity index (χ0v) is 14.8. The van der Waals surface area contributed by atoms with E-state index in [9.17, 15) is 4.79 Å². The fraction of sp³-hybridized carbons (Fsp3) is 0.167. The zero-order valence-electron chi connectivity index (χ0n) is 10.8. The molecule has 5 nitrogen and oxygen atoms in total. The Morgan fingerprint density at radius 1 is 1.40 bits per heavy atom. The first-order chi connectivity index (χ1) is 9.38. The van der Waals surface area contributed by atoms with Gasteiger partial charge in [0.25, 0.3) is 5.91 Å². The molecular formula is C12H12Br2N4OS. The summed E-state index contributed by atoms with van der Waals surface area (Å²) in [6.45, 7) is 0. The monoisotopic (exact) mass is 418 g/mol. The lowest BCUT2D eigenvalue weighted by Crippen LogP contribution is -2.12. The van der Waals surface area contributed by atoms with Gasteiger partial charge < -0.3 is 16.0 Å². The zero-order chi connectivity index (χ0) is 14.9. The molecule has 0 fully saturated rings. The number of carbonyl (C=O) groups is 1. The van der Waals surface area contributed by atoms with E-state index in [0.717, 1.165) is 8.95 Å². The van der Waals surface area contributed by atoms with Gasteiger partial charge >= 0.3 is 0 Å². The number of nitrogens with zero attached hydrogens (tertiary/aromatic N) is 2. The number of nitrogens with one attached hydrogen (secondary N) is 1. The van der Waals surface area contributed by atoms with E-state index in [1.54, 1.807) is 6.07 Å². The molecule has 0 aliphatic rings. The number of aromatic nitrogens is 1. The highest BCUT2D eigenvalue weighted by molar-refractivity contribution is 9.11. The second-order valence-corrected chi connectivity index (χ2v) is 6.93. The number of hydrogen-bond acceptors (Lipinski definition) is 5. The van der Waals surface area contributed by atoms with E-state index in [4.69, 9.17) is 5.73 Å². The van der Waals surface area contributed by atoms with Gasteiger partial charge in [-0.15, -0.1) is 0 Å². The Hall–Kier alpha value is -1.12. The highest BCUT2D eigenvalue weighted by Gasteiger charge is 2.18. The van der Waals surface area contributed by atoms with Gasteiger partial charge in [-0.05, 0) is 34.1 Å². The molecule has 0 radical (unpaired) electrons. The minimum atomic E-state index is -0.267. The Kier molecular flexibility index (Phi) is 4.66. The highest BCUT2D eigenvalue weighted by Crippen LogP contribution is 2.30. The average Bonchev–Trinajstić information content (AvgIpc) is 2.75. The lowest BCUT2D eigenvalue weighted by molar-refractivity contribution is 0.103. The number of thiazole rings is 1. The molecule has 1 aromatic heterocycles. The number of halogens is 2. The Morgan fingerprint density at radius 3 is 2.65 bits per heavy atom. The molecule has 0 saturated carbocycles. The van der Waals surface area contributed by atoms with E-state index in [2.05, 4.69) is 42.2 Å². The summed E-state index contributed by atoms with van der Waals surface area (Å²) in [5.74, 6) is -0.0273. The molecule has 8 heteroatoms. The second-order valence-electron chi connectivity index (χ2n) is 4.18. The summed E-state index contributed by atoms with van der Waals surface area (Å²) in [5, 5.41) is 3.51.